The minimum Gasteiger partial charge on any atom is -0.492 e. The molecule has 1 aromatic heterocycles. The van der Waals surface area contributed by atoms with E-state index in [2.05, 4.69) is 5.32 Å². The topological polar surface area (TPSA) is 34.4 Å². The van der Waals surface area contributed by atoms with Crippen LogP contribution in [0.3, 0.4) is 0 Å². The maximum atomic E-state index is 6.09. The maximum Gasteiger partial charge on any atom is 0.138 e. The Hall–Kier alpha value is -1.61. The summed E-state index contributed by atoms with van der Waals surface area (Å²) in [5.74, 6) is 0.711. The van der Waals surface area contributed by atoms with Gasteiger partial charge in [0.2, 0.25) is 0 Å². The summed E-state index contributed by atoms with van der Waals surface area (Å²) in [6, 6.07) is 7.58. The van der Waals surface area contributed by atoms with E-state index in [1.807, 2.05) is 31.2 Å². The molecule has 17 heavy (non-hydrogen) atoms. The van der Waals surface area contributed by atoms with Crippen molar-refractivity contribution >= 4 is 17.3 Å². The number of hydrogen-bond donors (Lipinski definition) is 1. The van der Waals surface area contributed by atoms with E-state index in [0.29, 0.717) is 23.9 Å². The quantitative estimate of drug-likeness (QED) is 0.874. The van der Waals surface area contributed by atoms with Gasteiger partial charge in [-0.3, -0.25) is 0 Å². The van der Waals surface area contributed by atoms with Crippen LogP contribution in [0.25, 0.3) is 0 Å². The first-order valence-corrected chi connectivity index (χ1v) is 5.84. The first-order valence-electron chi connectivity index (χ1n) is 5.47. The van der Waals surface area contributed by atoms with Crippen molar-refractivity contribution in [3.63, 3.8) is 0 Å². The smallest absolute Gasteiger partial charge is 0.138 e. The van der Waals surface area contributed by atoms with Crippen molar-refractivity contribution in [2.24, 2.45) is 0 Å². The molecule has 4 heteroatoms. The summed E-state index contributed by atoms with van der Waals surface area (Å²) >= 11 is 6.09. The molecule has 0 saturated carbocycles. The Bertz CT molecular complexity index is 468. The third kappa shape index (κ3) is 3.17. The molecule has 0 saturated heterocycles. The largest absolute Gasteiger partial charge is 0.492 e. The van der Waals surface area contributed by atoms with Crippen molar-refractivity contribution < 1.29 is 9.15 Å². The molecular weight excluding hydrogens is 238 g/mol. The maximum absolute atomic E-state index is 6.09. The van der Waals surface area contributed by atoms with Crippen LogP contribution in [0.4, 0.5) is 5.69 Å². The molecule has 2 aromatic rings. The number of nitrogens with one attached hydrogen (secondary N) is 1. The van der Waals surface area contributed by atoms with E-state index in [1.54, 1.807) is 12.5 Å². The molecule has 90 valence electrons. The van der Waals surface area contributed by atoms with Crippen LogP contribution >= 0.6 is 11.6 Å². The second-order valence-electron chi connectivity index (χ2n) is 3.56. The first kappa shape index (κ1) is 11.9. The summed E-state index contributed by atoms with van der Waals surface area (Å²) in [6.45, 7) is 3.25. The summed E-state index contributed by atoms with van der Waals surface area (Å²) in [5, 5.41) is 3.87. The first-order chi connectivity index (χ1) is 8.29. The number of anilines is 1. The lowest BCUT2D eigenvalue weighted by Crippen LogP contribution is -1.98. The molecular formula is C13H14ClNO2. The second kappa shape index (κ2) is 5.64. The Morgan fingerprint density at radius 2 is 2.24 bits per heavy atom. The Labute approximate surface area is 105 Å². The van der Waals surface area contributed by atoms with Gasteiger partial charge in [-0.2, -0.15) is 0 Å². The van der Waals surface area contributed by atoms with E-state index in [4.69, 9.17) is 20.8 Å². The van der Waals surface area contributed by atoms with Crippen LogP contribution in [0.15, 0.2) is 41.2 Å². The molecule has 1 heterocycles. The minimum absolute atomic E-state index is 0.613. The van der Waals surface area contributed by atoms with Crippen LogP contribution in [0.5, 0.6) is 5.75 Å². The average molecular weight is 252 g/mol. The van der Waals surface area contributed by atoms with Gasteiger partial charge >= 0.3 is 0 Å². The van der Waals surface area contributed by atoms with Gasteiger partial charge in [-0.25, -0.2) is 0 Å². The molecule has 0 spiro atoms. The van der Waals surface area contributed by atoms with Gasteiger partial charge in [-0.05, 0) is 31.2 Å². The zero-order chi connectivity index (χ0) is 12.1. The zero-order valence-corrected chi connectivity index (χ0v) is 10.3. The molecule has 0 bridgehead atoms. The lowest BCUT2D eigenvalue weighted by molar-refractivity contribution is 0.340. The van der Waals surface area contributed by atoms with Crippen LogP contribution in [0.1, 0.15) is 12.5 Å². The fourth-order valence-electron chi connectivity index (χ4n) is 1.48. The molecule has 3 nitrogen and oxygen atoms in total. The molecule has 0 fully saturated rings. The van der Waals surface area contributed by atoms with E-state index in [-0.39, 0.29) is 0 Å². The highest BCUT2D eigenvalue weighted by Gasteiger charge is 2.02. The van der Waals surface area contributed by atoms with Crippen LogP contribution in [0.2, 0.25) is 5.02 Å². The fourth-order valence-corrected chi connectivity index (χ4v) is 1.72. The number of hydrogen-bond acceptors (Lipinski definition) is 3. The number of halogens is 1. The average Bonchev–Trinajstić information content (AvgIpc) is 2.83. The highest BCUT2D eigenvalue weighted by atomic mass is 35.5. The summed E-state index contributed by atoms with van der Waals surface area (Å²) < 4.78 is 10.4. The van der Waals surface area contributed by atoms with Gasteiger partial charge < -0.3 is 14.5 Å². The Kier molecular flexibility index (Phi) is 3.94. The Balaban J connectivity index is 2.00. The lowest BCUT2D eigenvalue weighted by atomic mass is 10.2. The van der Waals surface area contributed by atoms with Gasteiger partial charge in [0.15, 0.2) is 0 Å². The SMILES string of the molecule is CCOc1ccc(NCc2ccoc2)cc1Cl. The molecule has 0 unspecified atom stereocenters. The summed E-state index contributed by atoms with van der Waals surface area (Å²) in [4.78, 5) is 0. The van der Waals surface area contributed by atoms with E-state index < -0.39 is 0 Å². The molecule has 1 N–H and O–H groups in total. The Morgan fingerprint density at radius 3 is 2.88 bits per heavy atom. The molecule has 1 aromatic carbocycles. The molecule has 2 rings (SSSR count). The van der Waals surface area contributed by atoms with E-state index in [1.165, 1.54) is 0 Å². The van der Waals surface area contributed by atoms with E-state index in [9.17, 15) is 0 Å². The van der Waals surface area contributed by atoms with E-state index in [0.717, 1.165) is 11.3 Å². The van der Waals surface area contributed by atoms with Gasteiger partial charge in [0.25, 0.3) is 0 Å². The number of benzene rings is 1. The van der Waals surface area contributed by atoms with Gasteiger partial charge in [0, 0.05) is 17.8 Å². The molecule has 0 radical (unpaired) electrons. The third-order valence-electron chi connectivity index (χ3n) is 2.31. The summed E-state index contributed by atoms with van der Waals surface area (Å²) in [7, 11) is 0. The lowest BCUT2D eigenvalue weighted by Gasteiger charge is -2.09. The second-order valence-corrected chi connectivity index (χ2v) is 3.97. The molecule has 0 aliphatic carbocycles. The van der Waals surface area contributed by atoms with Gasteiger partial charge in [-0.1, -0.05) is 11.6 Å². The number of ether oxygens (including phenoxy) is 1. The molecule has 0 aliphatic rings. The van der Waals surface area contributed by atoms with Crippen molar-refractivity contribution in [3.05, 3.63) is 47.4 Å². The summed E-state index contributed by atoms with van der Waals surface area (Å²) in [5.41, 5.74) is 2.05. The van der Waals surface area contributed by atoms with Crippen molar-refractivity contribution in [3.8, 4) is 5.75 Å². The predicted octanol–water partition coefficient (Wildman–Crippen LogP) is 3.94. The minimum atomic E-state index is 0.613. The van der Waals surface area contributed by atoms with Gasteiger partial charge in [0.05, 0.1) is 24.2 Å². The highest BCUT2D eigenvalue weighted by Crippen LogP contribution is 2.27. The third-order valence-corrected chi connectivity index (χ3v) is 2.60. The number of rotatable bonds is 5. The monoisotopic (exact) mass is 251 g/mol. The van der Waals surface area contributed by atoms with Crippen LogP contribution < -0.4 is 10.1 Å². The van der Waals surface area contributed by atoms with Crippen LogP contribution in [0, 0.1) is 0 Å². The van der Waals surface area contributed by atoms with Crippen molar-refractivity contribution in [1.29, 1.82) is 0 Å². The van der Waals surface area contributed by atoms with Crippen LogP contribution in [-0.2, 0) is 6.54 Å². The number of furan rings is 1. The standard InChI is InChI=1S/C13H14ClNO2/c1-2-17-13-4-3-11(7-12(13)14)15-8-10-5-6-16-9-10/h3-7,9,15H,2,8H2,1H3. The molecule has 0 aliphatic heterocycles. The van der Waals surface area contributed by atoms with Gasteiger partial charge in [0.1, 0.15) is 5.75 Å². The van der Waals surface area contributed by atoms with Crippen molar-refractivity contribution in [2.45, 2.75) is 13.5 Å². The summed E-state index contributed by atoms with van der Waals surface area (Å²) in [6.07, 6.45) is 3.37. The van der Waals surface area contributed by atoms with Crippen molar-refractivity contribution in [1.82, 2.24) is 0 Å². The zero-order valence-electron chi connectivity index (χ0n) is 9.57. The fraction of sp³-hybridized carbons (Fsp3) is 0.231. The van der Waals surface area contributed by atoms with E-state index >= 15 is 0 Å². The van der Waals surface area contributed by atoms with Crippen LogP contribution in [-0.4, -0.2) is 6.61 Å². The highest BCUT2D eigenvalue weighted by molar-refractivity contribution is 6.32. The normalized spacial score (nSPS) is 10.2. The predicted molar refractivity (Wildman–Crippen MR) is 68.7 cm³/mol. The molecule has 0 amide bonds. The van der Waals surface area contributed by atoms with Crippen molar-refractivity contribution in [2.75, 3.05) is 11.9 Å². The molecule has 0 atom stereocenters. The Morgan fingerprint density at radius 1 is 1.35 bits per heavy atom. The van der Waals surface area contributed by atoms with Gasteiger partial charge in [-0.15, -0.1) is 0 Å².